The largest absolute Gasteiger partial charge is 0.383 e. The zero-order valence-electron chi connectivity index (χ0n) is 13.5. The van der Waals surface area contributed by atoms with E-state index in [0.29, 0.717) is 36.1 Å². The third-order valence-electron chi connectivity index (χ3n) is 4.35. The Kier molecular flexibility index (Phi) is 4.16. The molecule has 124 valence electrons. The SMILES string of the molecule is CC(=O)NN1C(N)=C(C#N)C(c2sccc2C)C2=C1CCCC2=O. The molecule has 0 bridgehead atoms. The average molecular weight is 342 g/mol. The Labute approximate surface area is 144 Å². The number of rotatable bonds is 2. The molecule has 2 aliphatic rings. The van der Waals surface area contributed by atoms with Crippen LogP contribution in [0, 0.1) is 18.3 Å². The van der Waals surface area contributed by atoms with Crippen LogP contribution in [0.4, 0.5) is 0 Å². The first-order valence-electron chi connectivity index (χ1n) is 7.73. The quantitative estimate of drug-likeness (QED) is 0.858. The number of amides is 1. The van der Waals surface area contributed by atoms with Crippen LogP contribution in [-0.2, 0) is 9.59 Å². The van der Waals surface area contributed by atoms with Crippen LogP contribution >= 0.6 is 11.3 Å². The number of Topliss-reactive ketones (excluding diaryl/α,β-unsaturated/α-hetero) is 1. The maximum atomic E-state index is 12.7. The molecule has 1 aliphatic carbocycles. The van der Waals surface area contributed by atoms with Gasteiger partial charge in [0, 0.05) is 23.8 Å². The van der Waals surface area contributed by atoms with E-state index in [1.54, 1.807) is 0 Å². The Morgan fingerprint density at radius 1 is 1.50 bits per heavy atom. The van der Waals surface area contributed by atoms with Crippen molar-refractivity contribution in [3.05, 3.63) is 44.6 Å². The third kappa shape index (κ3) is 2.49. The van der Waals surface area contributed by atoms with Gasteiger partial charge in [-0.05, 0) is 36.8 Å². The van der Waals surface area contributed by atoms with Crippen LogP contribution in [0.1, 0.15) is 42.5 Å². The molecular formula is C17H18N4O2S. The number of ketones is 1. The lowest BCUT2D eigenvalue weighted by Gasteiger charge is -2.38. The number of carbonyl (C=O) groups is 2. The highest BCUT2D eigenvalue weighted by atomic mass is 32.1. The Balaban J connectivity index is 2.24. The minimum atomic E-state index is -0.442. The van der Waals surface area contributed by atoms with Crippen LogP contribution in [0.5, 0.6) is 0 Å². The van der Waals surface area contributed by atoms with E-state index in [-0.39, 0.29) is 17.5 Å². The van der Waals surface area contributed by atoms with E-state index in [1.165, 1.54) is 23.3 Å². The maximum Gasteiger partial charge on any atom is 0.235 e. The standard InChI is InChI=1S/C17H18N4O2S/c1-9-6-7-24-16(9)14-11(8-18)17(19)21(20-10(2)22)12-4-3-5-13(23)15(12)14/h6-7,14H,3-5,19H2,1-2H3,(H,20,22). The molecule has 1 unspecified atom stereocenters. The van der Waals surface area contributed by atoms with E-state index in [2.05, 4.69) is 11.5 Å². The lowest BCUT2D eigenvalue weighted by Crippen LogP contribution is -2.47. The van der Waals surface area contributed by atoms with E-state index >= 15 is 0 Å². The number of thiophene rings is 1. The van der Waals surface area contributed by atoms with Crippen molar-refractivity contribution in [1.29, 1.82) is 5.26 Å². The molecule has 6 nitrogen and oxygen atoms in total. The molecule has 1 aromatic rings. The van der Waals surface area contributed by atoms with Crippen molar-refractivity contribution < 1.29 is 9.59 Å². The fourth-order valence-corrected chi connectivity index (χ4v) is 4.36. The van der Waals surface area contributed by atoms with Crippen molar-refractivity contribution in [3.63, 3.8) is 0 Å². The number of allylic oxidation sites excluding steroid dienone is 3. The van der Waals surface area contributed by atoms with Gasteiger partial charge in [0.2, 0.25) is 5.91 Å². The van der Waals surface area contributed by atoms with E-state index in [0.717, 1.165) is 10.4 Å². The first-order chi connectivity index (χ1) is 11.5. The zero-order valence-corrected chi connectivity index (χ0v) is 14.4. The third-order valence-corrected chi connectivity index (χ3v) is 5.43. The molecule has 1 amide bonds. The summed E-state index contributed by atoms with van der Waals surface area (Å²) in [4.78, 5) is 25.2. The normalized spacial score (nSPS) is 20.8. The molecule has 0 saturated heterocycles. The van der Waals surface area contributed by atoms with Crippen molar-refractivity contribution in [1.82, 2.24) is 10.4 Å². The smallest absolute Gasteiger partial charge is 0.235 e. The Morgan fingerprint density at radius 2 is 2.25 bits per heavy atom. The summed E-state index contributed by atoms with van der Waals surface area (Å²) in [7, 11) is 0. The molecule has 7 heteroatoms. The second-order valence-corrected chi connectivity index (χ2v) is 6.90. The van der Waals surface area contributed by atoms with Gasteiger partial charge in [-0.3, -0.25) is 15.0 Å². The number of nitrogens with zero attached hydrogens (tertiary/aromatic N) is 2. The first kappa shape index (κ1) is 16.3. The summed E-state index contributed by atoms with van der Waals surface area (Å²) in [6, 6.07) is 4.13. The Morgan fingerprint density at radius 3 is 2.83 bits per heavy atom. The van der Waals surface area contributed by atoms with Crippen molar-refractivity contribution in [2.75, 3.05) is 0 Å². The van der Waals surface area contributed by atoms with Crippen molar-refractivity contribution in [3.8, 4) is 6.07 Å². The van der Waals surface area contributed by atoms with Crippen LogP contribution in [0.3, 0.4) is 0 Å². The van der Waals surface area contributed by atoms with Crippen molar-refractivity contribution >= 4 is 23.0 Å². The number of aryl methyl sites for hydroxylation is 1. The van der Waals surface area contributed by atoms with E-state index in [4.69, 9.17) is 5.73 Å². The summed E-state index contributed by atoms with van der Waals surface area (Å²) >= 11 is 1.52. The molecule has 24 heavy (non-hydrogen) atoms. The van der Waals surface area contributed by atoms with Gasteiger partial charge in [-0.15, -0.1) is 11.3 Å². The van der Waals surface area contributed by atoms with Gasteiger partial charge >= 0.3 is 0 Å². The van der Waals surface area contributed by atoms with Gasteiger partial charge < -0.3 is 5.73 Å². The lowest BCUT2D eigenvalue weighted by atomic mass is 9.78. The van der Waals surface area contributed by atoms with Crippen LogP contribution < -0.4 is 11.2 Å². The van der Waals surface area contributed by atoms with Crippen LogP contribution in [0.2, 0.25) is 0 Å². The molecule has 1 atom stereocenters. The number of hydrogen-bond donors (Lipinski definition) is 2. The second-order valence-electron chi connectivity index (χ2n) is 5.95. The highest BCUT2D eigenvalue weighted by Gasteiger charge is 2.41. The number of hydrogen-bond acceptors (Lipinski definition) is 6. The summed E-state index contributed by atoms with van der Waals surface area (Å²) < 4.78 is 0. The molecule has 3 N–H and O–H groups in total. The molecule has 1 aliphatic heterocycles. The number of hydrazine groups is 1. The van der Waals surface area contributed by atoms with Gasteiger partial charge in [0.15, 0.2) is 5.78 Å². The highest BCUT2D eigenvalue weighted by molar-refractivity contribution is 7.10. The second kappa shape index (κ2) is 6.13. The van der Waals surface area contributed by atoms with Crippen LogP contribution in [0.25, 0.3) is 0 Å². The highest BCUT2D eigenvalue weighted by Crippen LogP contribution is 2.46. The molecule has 3 rings (SSSR count). The minimum absolute atomic E-state index is 0.0182. The fraction of sp³-hybridized carbons (Fsp3) is 0.353. The van der Waals surface area contributed by atoms with Crippen LogP contribution in [-0.4, -0.2) is 16.7 Å². The summed E-state index contributed by atoms with van der Waals surface area (Å²) in [5.74, 6) is -0.530. The molecule has 0 spiro atoms. The van der Waals surface area contributed by atoms with Gasteiger partial charge in [0.1, 0.15) is 5.82 Å². The van der Waals surface area contributed by atoms with E-state index in [1.807, 2.05) is 18.4 Å². The molecule has 0 aromatic carbocycles. The number of nitriles is 1. The fourth-order valence-electron chi connectivity index (χ4n) is 3.31. The first-order valence-corrected chi connectivity index (χ1v) is 8.61. The molecule has 2 heterocycles. The number of carbonyl (C=O) groups excluding carboxylic acids is 2. The molecule has 0 fully saturated rings. The summed E-state index contributed by atoms with van der Waals surface area (Å²) in [5, 5.41) is 13.1. The number of nitrogens with two attached hydrogens (primary N) is 1. The van der Waals surface area contributed by atoms with E-state index < -0.39 is 5.92 Å². The lowest BCUT2D eigenvalue weighted by molar-refractivity contribution is -0.123. The Hall–Kier alpha value is -2.59. The Bertz CT molecular complexity index is 828. The van der Waals surface area contributed by atoms with Gasteiger partial charge in [0.25, 0.3) is 0 Å². The topological polar surface area (TPSA) is 99.2 Å². The van der Waals surface area contributed by atoms with Crippen molar-refractivity contribution in [2.45, 2.75) is 39.0 Å². The molecule has 1 aromatic heterocycles. The molecular weight excluding hydrogens is 324 g/mol. The monoisotopic (exact) mass is 342 g/mol. The number of nitrogens with one attached hydrogen (secondary N) is 1. The van der Waals surface area contributed by atoms with Crippen LogP contribution in [0.15, 0.2) is 34.1 Å². The summed E-state index contributed by atoms with van der Waals surface area (Å²) in [5.41, 5.74) is 11.5. The predicted molar refractivity (Wildman–Crippen MR) is 90.2 cm³/mol. The molecule has 0 radical (unpaired) electrons. The summed E-state index contributed by atoms with van der Waals surface area (Å²) in [6.45, 7) is 3.34. The predicted octanol–water partition coefficient (Wildman–Crippen LogP) is 2.21. The van der Waals surface area contributed by atoms with Gasteiger partial charge in [-0.1, -0.05) is 0 Å². The van der Waals surface area contributed by atoms with Crippen molar-refractivity contribution in [2.24, 2.45) is 5.73 Å². The minimum Gasteiger partial charge on any atom is -0.383 e. The summed E-state index contributed by atoms with van der Waals surface area (Å²) in [6.07, 6.45) is 1.80. The zero-order chi connectivity index (χ0) is 17.4. The van der Waals surface area contributed by atoms with E-state index in [9.17, 15) is 14.9 Å². The van der Waals surface area contributed by atoms with Gasteiger partial charge in [-0.25, -0.2) is 5.01 Å². The van der Waals surface area contributed by atoms with Gasteiger partial charge in [0.05, 0.1) is 23.3 Å². The average Bonchev–Trinajstić information content (AvgIpc) is 2.95. The maximum absolute atomic E-state index is 12.7. The molecule has 0 saturated carbocycles. The van der Waals surface area contributed by atoms with Gasteiger partial charge in [-0.2, -0.15) is 5.26 Å².